The first-order valence-corrected chi connectivity index (χ1v) is 18.9. The highest BCUT2D eigenvalue weighted by atomic mass is 15.0. The van der Waals surface area contributed by atoms with Crippen LogP contribution in [-0.4, -0.2) is 24.1 Å². The van der Waals surface area contributed by atoms with Gasteiger partial charge < -0.3 is 9.13 Å². The summed E-state index contributed by atoms with van der Waals surface area (Å²) in [6.07, 6.45) is 1.88. The second kappa shape index (κ2) is 13.0. The minimum atomic E-state index is 0.689. The SMILES string of the molecule is c1ccc(-c2cc(-c3ccccc3)nc(-c3cccc(-n4c5ccccc5c5cc(-c6ccc7c(c6)c6ncccc6n7-c6ccccc6)ccc54)c3)n2)cc1. The summed E-state index contributed by atoms with van der Waals surface area (Å²) in [7, 11) is 0. The van der Waals surface area contributed by atoms with Gasteiger partial charge >= 0.3 is 0 Å². The number of para-hydroxylation sites is 2. The van der Waals surface area contributed by atoms with E-state index in [9.17, 15) is 0 Å². The number of hydrogen-bond acceptors (Lipinski definition) is 3. The Morgan fingerprint density at radius 1 is 0.321 bits per heavy atom. The maximum atomic E-state index is 5.12. The van der Waals surface area contributed by atoms with Crippen LogP contribution < -0.4 is 0 Å². The lowest BCUT2D eigenvalue weighted by molar-refractivity contribution is 1.16. The molecule has 7 aromatic carbocycles. The first-order chi connectivity index (χ1) is 27.8. The van der Waals surface area contributed by atoms with Crippen LogP contribution in [0.25, 0.3) is 100 Å². The van der Waals surface area contributed by atoms with E-state index >= 15 is 0 Å². The van der Waals surface area contributed by atoms with Gasteiger partial charge in [-0.1, -0.05) is 121 Å². The Hall–Kier alpha value is -7.63. The summed E-state index contributed by atoms with van der Waals surface area (Å²) < 4.78 is 4.66. The molecule has 0 unspecified atom stereocenters. The molecule has 0 aliphatic carbocycles. The van der Waals surface area contributed by atoms with Crippen LogP contribution in [0, 0.1) is 0 Å². The fourth-order valence-electron chi connectivity index (χ4n) is 8.17. The van der Waals surface area contributed by atoms with Gasteiger partial charge in [0.15, 0.2) is 5.82 Å². The lowest BCUT2D eigenvalue weighted by Gasteiger charge is -2.12. The molecule has 0 spiro atoms. The Labute approximate surface area is 323 Å². The van der Waals surface area contributed by atoms with Crippen molar-refractivity contribution in [3.05, 3.63) is 200 Å². The molecule has 0 amide bonds. The van der Waals surface area contributed by atoms with E-state index in [-0.39, 0.29) is 0 Å². The third-order valence-electron chi connectivity index (χ3n) is 10.8. The second-order valence-corrected chi connectivity index (χ2v) is 14.1. The van der Waals surface area contributed by atoms with Crippen LogP contribution in [0.5, 0.6) is 0 Å². The number of nitrogens with zero attached hydrogens (tertiary/aromatic N) is 5. The van der Waals surface area contributed by atoms with Crippen LogP contribution in [0.2, 0.25) is 0 Å². The summed E-state index contributed by atoms with van der Waals surface area (Å²) >= 11 is 0. The van der Waals surface area contributed by atoms with Crippen LogP contribution >= 0.6 is 0 Å². The van der Waals surface area contributed by atoms with Crippen molar-refractivity contribution in [3.8, 4) is 56.4 Å². The van der Waals surface area contributed by atoms with E-state index in [0.717, 1.165) is 83.5 Å². The first-order valence-electron chi connectivity index (χ1n) is 18.9. The summed E-state index contributed by atoms with van der Waals surface area (Å²) in [6.45, 7) is 0. The van der Waals surface area contributed by atoms with Gasteiger partial charge in [0.05, 0.1) is 39.0 Å². The van der Waals surface area contributed by atoms with Crippen molar-refractivity contribution in [2.24, 2.45) is 0 Å². The van der Waals surface area contributed by atoms with Gasteiger partial charge in [-0.15, -0.1) is 0 Å². The van der Waals surface area contributed by atoms with E-state index in [1.54, 1.807) is 0 Å². The molecule has 4 heterocycles. The van der Waals surface area contributed by atoms with Crippen LogP contribution in [0.1, 0.15) is 0 Å². The molecule has 0 radical (unpaired) electrons. The number of aromatic nitrogens is 5. The van der Waals surface area contributed by atoms with Gasteiger partial charge in [0.25, 0.3) is 0 Å². The molecule has 5 heteroatoms. The minimum Gasteiger partial charge on any atom is -0.309 e. The zero-order valence-corrected chi connectivity index (χ0v) is 30.3. The van der Waals surface area contributed by atoms with Gasteiger partial charge in [-0.05, 0) is 83.9 Å². The second-order valence-electron chi connectivity index (χ2n) is 14.1. The molecule has 11 rings (SSSR count). The van der Waals surface area contributed by atoms with Gasteiger partial charge in [0.1, 0.15) is 0 Å². The summed E-state index contributed by atoms with van der Waals surface area (Å²) in [5.74, 6) is 0.689. The zero-order valence-electron chi connectivity index (χ0n) is 30.3. The maximum absolute atomic E-state index is 5.12. The minimum absolute atomic E-state index is 0.689. The van der Waals surface area contributed by atoms with Gasteiger partial charge in [-0.3, -0.25) is 4.98 Å². The molecule has 0 bridgehead atoms. The van der Waals surface area contributed by atoms with Gasteiger partial charge in [-0.25, -0.2) is 9.97 Å². The average molecular weight is 716 g/mol. The van der Waals surface area contributed by atoms with E-state index in [0.29, 0.717) is 5.82 Å². The topological polar surface area (TPSA) is 48.5 Å². The first kappa shape index (κ1) is 31.9. The number of pyridine rings is 1. The molecule has 11 aromatic rings. The molecular formula is C51H33N5. The summed E-state index contributed by atoms with van der Waals surface area (Å²) in [6, 6.07) is 68.3. The monoisotopic (exact) mass is 715 g/mol. The average Bonchev–Trinajstić information content (AvgIpc) is 3.79. The van der Waals surface area contributed by atoms with Crippen molar-refractivity contribution in [2.75, 3.05) is 0 Å². The number of fused-ring (bicyclic) bond motifs is 6. The Bertz CT molecular complexity index is 3180. The standard InChI is InChI=1S/C51H33N5/c1-4-14-34(15-5-1)44-33-45(35-16-6-2-7-17-35)54-51(53-44)38-18-12-21-40(30-38)56-46-23-11-10-22-41(46)42-31-36(25-27-47(42)56)37-26-28-48-43(32-37)50-49(24-13-29-52-50)55(48)39-19-8-3-9-20-39/h1-33H. The molecule has 0 atom stereocenters. The van der Waals surface area contributed by atoms with Gasteiger partial charge in [0.2, 0.25) is 0 Å². The van der Waals surface area contributed by atoms with Crippen LogP contribution in [0.4, 0.5) is 0 Å². The number of hydrogen-bond donors (Lipinski definition) is 0. The molecule has 262 valence electrons. The fourth-order valence-corrected chi connectivity index (χ4v) is 8.17. The predicted octanol–water partition coefficient (Wildman–Crippen LogP) is 12.7. The Balaban J connectivity index is 1.05. The smallest absolute Gasteiger partial charge is 0.160 e. The zero-order chi connectivity index (χ0) is 37.0. The predicted molar refractivity (Wildman–Crippen MR) is 230 cm³/mol. The van der Waals surface area contributed by atoms with Crippen molar-refractivity contribution >= 4 is 43.7 Å². The Morgan fingerprint density at radius 2 is 0.857 bits per heavy atom. The van der Waals surface area contributed by atoms with E-state index < -0.39 is 0 Å². The third kappa shape index (κ3) is 5.29. The van der Waals surface area contributed by atoms with Crippen molar-refractivity contribution < 1.29 is 0 Å². The number of rotatable bonds is 6. The summed E-state index contributed by atoms with van der Waals surface area (Å²) in [5, 5.41) is 3.53. The van der Waals surface area contributed by atoms with Crippen molar-refractivity contribution in [1.82, 2.24) is 24.1 Å². The molecule has 0 saturated heterocycles. The van der Waals surface area contributed by atoms with Gasteiger partial charge in [-0.2, -0.15) is 0 Å². The lowest BCUT2D eigenvalue weighted by Crippen LogP contribution is -1.98. The third-order valence-corrected chi connectivity index (χ3v) is 10.8. The molecule has 0 aliphatic heterocycles. The molecule has 4 aromatic heterocycles. The number of benzene rings is 7. The van der Waals surface area contributed by atoms with Crippen molar-refractivity contribution in [2.45, 2.75) is 0 Å². The fraction of sp³-hybridized carbons (Fsp3) is 0. The quantitative estimate of drug-likeness (QED) is 0.172. The highest BCUT2D eigenvalue weighted by Gasteiger charge is 2.18. The van der Waals surface area contributed by atoms with Gasteiger partial charge in [0, 0.05) is 50.4 Å². The molecule has 5 nitrogen and oxygen atoms in total. The van der Waals surface area contributed by atoms with E-state index in [1.165, 1.54) is 10.8 Å². The van der Waals surface area contributed by atoms with E-state index in [1.807, 2.05) is 48.7 Å². The Morgan fingerprint density at radius 3 is 1.57 bits per heavy atom. The molecule has 0 saturated carbocycles. The summed E-state index contributed by atoms with van der Waals surface area (Å²) in [4.78, 5) is 15.1. The van der Waals surface area contributed by atoms with Crippen molar-refractivity contribution in [1.29, 1.82) is 0 Å². The van der Waals surface area contributed by atoms with Crippen molar-refractivity contribution in [3.63, 3.8) is 0 Å². The summed E-state index contributed by atoms with van der Waals surface area (Å²) in [5.41, 5.74) is 14.9. The highest BCUT2D eigenvalue weighted by Crippen LogP contribution is 2.38. The van der Waals surface area contributed by atoms with Crippen LogP contribution in [-0.2, 0) is 0 Å². The maximum Gasteiger partial charge on any atom is 0.160 e. The highest BCUT2D eigenvalue weighted by molar-refractivity contribution is 6.12. The van der Waals surface area contributed by atoms with E-state index in [4.69, 9.17) is 15.0 Å². The van der Waals surface area contributed by atoms with E-state index in [2.05, 4.69) is 161 Å². The normalized spacial score (nSPS) is 11.6. The van der Waals surface area contributed by atoms with Crippen LogP contribution in [0.15, 0.2) is 200 Å². The molecule has 0 N–H and O–H groups in total. The lowest BCUT2D eigenvalue weighted by atomic mass is 10.0. The van der Waals surface area contributed by atoms with Crippen LogP contribution in [0.3, 0.4) is 0 Å². The largest absolute Gasteiger partial charge is 0.309 e. The molecule has 0 aliphatic rings. The molecule has 56 heavy (non-hydrogen) atoms. The molecule has 0 fully saturated rings. The molecular weight excluding hydrogens is 683 g/mol. The Kier molecular flexibility index (Phi) is 7.42.